The van der Waals surface area contributed by atoms with Gasteiger partial charge in [0.2, 0.25) is 0 Å². The Morgan fingerprint density at radius 1 is 0.939 bits per heavy atom. The number of aromatic nitrogens is 2. The number of amides is 1. The van der Waals surface area contributed by atoms with E-state index in [9.17, 15) is 13.2 Å². The highest BCUT2D eigenvalue weighted by Crippen LogP contribution is 2.19. The van der Waals surface area contributed by atoms with Crippen LogP contribution in [0.4, 0.5) is 5.69 Å². The molecule has 0 fully saturated rings. The molecule has 0 aliphatic heterocycles. The number of anilines is 1. The number of carbonyl (C=O) groups excluding carboxylic acids is 1. The quantitative estimate of drug-likeness (QED) is 0.416. The van der Waals surface area contributed by atoms with Crippen molar-refractivity contribution in [3.63, 3.8) is 0 Å². The van der Waals surface area contributed by atoms with Gasteiger partial charge in [0, 0.05) is 24.5 Å². The van der Waals surface area contributed by atoms with Crippen LogP contribution in [-0.4, -0.2) is 30.7 Å². The van der Waals surface area contributed by atoms with Crippen molar-refractivity contribution in [2.75, 3.05) is 11.3 Å². The number of sulfonamides is 1. The summed E-state index contributed by atoms with van der Waals surface area (Å²) >= 11 is 0. The van der Waals surface area contributed by atoms with Crippen molar-refractivity contribution in [3.8, 4) is 5.69 Å². The molecule has 4 aromatic rings. The summed E-state index contributed by atoms with van der Waals surface area (Å²) in [7, 11) is -3.74. The lowest BCUT2D eigenvalue weighted by Crippen LogP contribution is -2.25. The van der Waals surface area contributed by atoms with Crippen LogP contribution < -0.4 is 10.0 Å². The number of nitrogens with one attached hydrogen (secondary N) is 2. The van der Waals surface area contributed by atoms with Gasteiger partial charge in [-0.1, -0.05) is 30.3 Å². The number of rotatable bonds is 8. The highest BCUT2D eigenvalue weighted by molar-refractivity contribution is 7.92. The second kappa shape index (κ2) is 9.70. The predicted molar refractivity (Wildman–Crippen MR) is 128 cm³/mol. The third-order valence-electron chi connectivity index (χ3n) is 5.22. The first-order chi connectivity index (χ1) is 15.9. The summed E-state index contributed by atoms with van der Waals surface area (Å²) in [5, 5.41) is 7.07. The van der Waals surface area contributed by atoms with Gasteiger partial charge < -0.3 is 5.32 Å². The molecule has 0 aliphatic rings. The van der Waals surface area contributed by atoms with E-state index >= 15 is 0 Å². The van der Waals surface area contributed by atoms with Gasteiger partial charge in [-0.15, -0.1) is 0 Å². The van der Waals surface area contributed by atoms with E-state index in [1.54, 1.807) is 23.0 Å². The highest BCUT2D eigenvalue weighted by Gasteiger charge is 2.16. The predicted octanol–water partition coefficient (Wildman–Crippen LogP) is 3.95. The molecule has 0 aliphatic carbocycles. The minimum atomic E-state index is -3.74. The van der Waals surface area contributed by atoms with Gasteiger partial charge in [-0.3, -0.25) is 9.52 Å². The fraction of sp³-hybridized carbons (Fsp3) is 0.120. The first kappa shape index (κ1) is 22.3. The van der Waals surface area contributed by atoms with Gasteiger partial charge in [0.25, 0.3) is 15.9 Å². The molecule has 1 heterocycles. The van der Waals surface area contributed by atoms with Crippen LogP contribution in [0.25, 0.3) is 5.69 Å². The SMILES string of the molecule is Cc1ccccc1NS(=O)(=O)c1ccc(C(=O)NCCc2ccc(-n3cccn3)cc2)cc1. The number of nitrogens with zero attached hydrogens (tertiary/aromatic N) is 2. The Hall–Kier alpha value is -3.91. The van der Waals surface area contributed by atoms with E-state index in [0.717, 1.165) is 16.8 Å². The molecule has 33 heavy (non-hydrogen) atoms. The molecule has 3 aromatic carbocycles. The molecule has 0 unspecified atom stereocenters. The lowest BCUT2D eigenvalue weighted by atomic mass is 10.1. The summed E-state index contributed by atoms with van der Waals surface area (Å²) in [6, 6.07) is 22.9. The number of carbonyl (C=O) groups is 1. The molecule has 0 spiro atoms. The zero-order valence-corrected chi connectivity index (χ0v) is 18.9. The first-order valence-electron chi connectivity index (χ1n) is 10.5. The molecular weight excluding hydrogens is 436 g/mol. The third-order valence-corrected chi connectivity index (χ3v) is 6.60. The summed E-state index contributed by atoms with van der Waals surface area (Å²) < 4.78 is 29.7. The summed E-state index contributed by atoms with van der Waals surface area (Å²) in [5.74, 6) is -0.251. The van der Waals surface area contributed by atoms with Crippen LogP contribution in [0.2, 0.25) is 0 Å². The zero-order chi connectivity index (χ0) is 23.3. The Morgan fingerprint density at radius 3 is 2.33 bits per heavy atom. The molecule has 1 aromatic heterocycles. The maximum Gasteiger partial charge on any atom is 0.261 e. The summed E-state index contributed by atoms with van der Waals surface area (Å²) in [6.45, 7) is 2.30. The maximum absolute atomic E-state index is 12.6. The molecule has 7 nitrogen and oxygen atoms in total. The van der Waals surface area contributed by atoms with E-state index < -0.39 is 10.0 Å². The third kappa shape index (κ3) is 5.48. The molecule has 0 radical (unpaired) electrons. The second-order valence-electron chi connectivity index (χ2n) is 7.57. The van der Waals surface area contributed by atoms with Crippen LogP contribution in [-0.2, 0) is 16.4 Å². The summed E-state index contributed by atoms with van der Waals surface area (Å²) in [6.07, 6.45) is 4.29. The summed E-state index contributed by atoms with van der Waals surface area (Å²) in [5.41, 5.74) is 3.82. The normalized spacial score (nSPS) is 11.2. The standard InChI is InChI=1S/C25H24N4O3S/c1-19-5-2-3-6-24(19)28-33(31,32)23-13-9-21(10-14-23)25(30)26-17-15-20-7-11-22(12-8-20)29-18-4-16-27-29/h2-14,16,18,28H,15,17H2,1H3,(H,26,30). The average molecular weight is 461 g/mol. The minimum absolute atomic E-state index is 0.0968. The summed E-state index contributed by atoms with van der Waals surface area (Å²) in [4.78, 5) is 12.6. The minimum Gasteiger partial charge on any atom is -0.352 e. The van der Waals surface area contributed by atoms with E-state index in [1.165, 1.54) is 24.3 Å². The van der Waals surface area contributed by atoms with Crippen LogP contribution >= 0.6 is 0 Å². The molecule has 1 amide bonds. The monoisotopic (exact) mass is 460 g/mol. The van der Waals surface area contributed by atoms with Gasteiger partial charge in [0.05, 0.1) is 16.3 Å². The molecule has 0 atom stereocenters. The lowest BCUT2D eigenvalue weighted by Gasteiger charge is -2.11. The van der Waals surface area contributed by atoms with E-state index in [4.69, 9.17) is 0 Å². The molecule has 8 heteroatoms. The van der Waals surface area contributed by atoms with Crippen LogP contribution in [0.15, 0.2) is 96.2 Å². The van der Waals surface area contributed by atoms with Gasteiger partial charge >= 0.3 is 0 Å². The Balaban J connectivity index is 1.32. The average Bonchev–Trinajstić information content (AvgIpc) is 3.36. The van der Waals surface area contributed by atoms with Crippen molar-refractivity contribution in [2.45, 2.75) is 18.2 Å². The maximum atomic E-state index is 12.6. The molecule has 0 saturated carbocycles. The van der Waals surface area contributed by atoms with Crippen molar-refractivity contribution in [1.82, 2.24) is 15.1 Å². The molecular formula is C25H24N4O3S. The van der Waals surface area contributed by atoms with Gasteiger partial charge in [-0.25, -0.2) is 13.1 Å². The van der Waals surface area contributed by atoms with Crippen molar-refractivity contribution < 1.29 is 13.2 Å². The first-order valence-corrected chi connectivity index (χ1v) is 12.0. The smallest absolute Gasteiger partial charge is 0.261 e. The van der Waals surface area contributed by atoms with Gasteiger partial charge in [0.15, 0.2) is 0 Å². The van der Waals surface area contributed by atoms with Crippen LogP contribution in [0, 0.1) is 6.92 Å². The molecule has 0 saturated heterocycles. The van der Waals surface area contributed by atoms with E-state index in [2.05, 4.69) is 15.1 Å². The second-order valence-corrected chi connectivity index (χ2v) is 9.25. The van der Waals surface area contributed by atoms with Crippen molar-refractivity contribution in [1.29, 1.82) is 0 Å². The van der Waals surface area contributed by atoms with Crippen LogP contribution in [0.5, 0.6) is 0 Å². The zero-order valence-electron chi connectivity index (χ0n) is 18.1. The number of hydrogen-bond donors (Lipinski definition) is 2. The van der Waals surface area contributed by atoms with Gasteiger partial charge in [0.1, 0.15) is 0 Å². The Kier molecular flexibility index (Phi) is 6.55. The van der Waals surface area contributed by atoms with Crippen LogP contribution in [0.1, 0.15) is 21.5 Å². The Morgan fingerprint density at radius 2 is 1.67 bits per heavy atom. The molecule has 2 N–H and O–H groups in total. The van der Waals surface area contributed by atoms with E-state index in [1.807, 2.05) is 55.6 Å². The Labute approximate surface area is 193 Å². The highest BCUT2D eigenvalue weighted by atomic mass is 32.2. The topological polar surface area (TPSA) is 93.1 Å². The number of aryl methyl sites for hydroxylation is 1. The van der Waals surface area contributed by atoms with Crippen molar-refractivity contribution in [3.05, 3.63) is 108 Å². The molecule has 4 rings (SSSR count). The number of para-hydroxylation sites is 1. The fourth-order valence-electron chi connectivity index (χ4n) is 3.34. The van der Waals surface area contributed by atoms with Gasteiger partial charge in [-0.2, -0.15) is 5.10 Å². The lowest BCUT2D eigenvalue weighted by molar-refractivity contribution is 0.0954. The van der Waals surface area contributed by atoms with E-state index in [-0.39, 0.29) is 10.8 Å². The fourth-order valence-corrected chi connectivity index (χ4v) is 4.47. The molecule has 168 valence electrons. The Bertz CT molecular complexity index is 1330. The van der Waals surface area contributed by atoms with Crippen molar-refractivity contribution in [2.24, 2.45) is 0 Å². The van der Waals surface area contributed by atoms with Gasteiger partial charge in [-0.05, 0) is 73.0 Å². The number of hydrogen-bond acceptors (Lipinski definition) is 4. The molecule has 0 bridgehead atoms. The van der Waals surface area contributed by atoms with Crippen molar-refractivity contribution >= 4 is 21.6 Å². The largest absolute Gasteiger partial charge is 0.352 e. The van der Waals surface area contributed by atoms with Crippen LogP contribution in [0.3, 0.4) is 0 Å². The number of benzene rings is 3. The van der Waals surface area contributed by atoms with E-state index in [0.29, 0.717) is 24.2 Å².